The van der Waals surface area contributed by atoms with Crippen LogP contribution in [0.2, 0.25) is 0 Å². The fraction of sp³-hybridized carbons (Fsp3) is 0.600. The normalized spacial score (nSPS) is 12.6. The Morgan fingerprint density at radius 1 is 1.17 bits per heavy atom. The zero-order valence-electron chi connectivity index (χ0n) is 11.7. The first-order valence-corrected chi connectivity index (χ1v) is 6.65. The van der Waals surface area contributed by atoms with Gasteiger partial charge in [-0.3, -0.25) is 0 Å². The van der Waals surface area contributed by atoms with E-state index in [9.17, 15) is 0 Å². The molecule has 0 aliphatic carbocycles. The minimum Gasteiger partial charge on any atom is -0.382 e. The number of aryl methyl sites for hydroxylation is 1. The summed E-state index contributed by atoms with van der Waals surface area (Å²) >= 11 is 0. The van der Waals surface area contributed by atoms with E-state index >= 15 is 0 Å². The van der Waals surface area contributed by atoms with Crippen molar-refractivity contribution in [3.63, 3.8) is 0 Å². The molecule has 0 heterocycles. The molecule has 3 nitrogen and oxygen atoms in total. The van der Waals surface area contributed by atoms with E-state index in [1.165, 1.54) is 11.1 Å². The lowest BCUT2D eigenvalue weighted by Gasteiger charge is -2.20. The standard InChI is InChI=1S/C15H25NO2/c1-4-16-15(9-10-18-12-11-17-3)14-8-6-5-7-13(14)2/h5-8,15-16H,4,9-12H2,1-3H3. The van der Waals surface area contributed by atoms with E-state index in [2.05, 4.69) is 43.4 Å². The zero-order valence-corrected chi connectivity index (χ0v) is 11.7. The molecule has 1 unspecified atom stereocenters. The predicted molar refractivity (Wildman–Crippen MR) is 74.9 cm³/mol. The Bertz CT molecular complexity index is 328. The highest BCUT2D eigenvalue weighted by atomic mass is 16.5. The van der Waals surface area contributed by atoms with Gasteiger partial charge in [0.25, 0.3) is 0 Å². The maximum absolute atomic E-state index is 5.55. The van der Waals surface area contributed by atoms with Crippen molar-refractivity contribution >= 4 is 0 Å². The number of ether oxygens (including phenoxy) is 2. The van der Waals surface area contributed by atoms with Crippen LogP contribution in [-0.4, -0.2) is 33.5 Å². The topological polar surface area (TPSA) is 30.5 Å². The van der Waals surface area contributed by atoms with E-state index in [1.807, 2.05) is 0 Å². The molecule has 3 heteroatoms. The fourth-order valence-corrected chi connectivity index (χ4v) is 2.04. The Kier molecular flexibility index (Phi) is 7.65. The lowest BCUT2D eigenvalue weighted by Crippen LogP contribution is -2.23. The van der Waals surface area contributed by atoms with Crippen molar-refractivity contribution in [3.8, 4) is 0 Å². The van der Waals surface area contributed by atoms with Gasteiger partial charge in [0.05, 0.1) is 13.2 Å². The van der Waals surface area contributed by atoms with Gasteiger partial charge in [-0.25, -0.2) is 0 Å². The second-order valence-electron chi connectivity index (χ2n) is 4.36. The van der Waals surface area contributed by atoms with Gasteiger partial charge in [0.1, 0.15) is 0 Å². The fourth-order valence-electron chi connectivity index (χ4n) is 2.04. The lowest BCUT2D eigenvalue weighted by molar-refractivity contribution is 0.0658. The molecule has 0 radical (unpaired) electrons. The maximum atomic E-state index is 5.55. The molecule has 102 valence electrons. The molecule has 0 aromatic heterocycles. The van der Waals surface area contributed by atoms with E-state index in [1.54, 1.807) is 7.11 Å². The first kappa shape index (κ1) is 15.2. The Hall–Kier alpha value is -0.900. The Balaban J connectivity index is 2.47. The largest absolute Gasteiger partial charge is 0.382 e. The molecule has 1 aromatic carbocycles. The second-order valence-corrected chi connectivity index (χ2v) is 4.36. The van der Waals surface area contributed by atoms with Crippen LogP contribution in [0.4, 0.5) is 0 Å². The highest BCUT2D eigenvalue weighted by Gasteiger charge is 2.11. The van der Waals surface area contributed by atoms with Crippen molar-refractivity contribution in [2.45, 2.75) is 26.3 Å². The second kappa shape index (κ2) is 9.09. The van der Waals surface area contributed by atoms with E-state index in [0.717, 1.165) is 19.6 Å². The molecule has 0 saturated heterocycles. The smallest absolute Gasteiger partial charge is 0.0700 e. The van der Waals surface area contributed by atoms with Crippen LogP contribution in [-0.2, 0) is 9.47 Å². The summed E-state index contributed by atoms with van der Waals surface area (Å²) in [7, 11) is 1.69. The molecule has 1 rings (SSSR count). The number of methoxy groups -OCH3 is 1. The summed E-state index contributed by atoms with van der Waals surface area (Å²) in [4.78, 5) is 0. The summed E-state index contributed by atoms with van der Waals surface area (Å²) in [5, 5.41) is 3.52. The van der Waals surface area contributed by atoms with Crippen LogP contribution in [0.1, 0.15) is 30.5 Å². The lowest BCUT2D eigenvalue weighted by atomic mass is 9.99. The van der Waals surface area contributed by atoms with Crippen LogP contribution in [0.25, 0.3) is 0 Å². The average Bonchev–Trinajstić information content (AvgIpc) is 2.38. The molecule has 0 amide bonds. The molecular formula is C15H25NO2. The molecule has 0 bridgehead atoms. The maximum Gasteiger partial charge on any atom is 0.0700 e. The van der Waals surface area contributed by atoms with Crippen LogP contribution in [0.15, 0.2) is 24.3 Å². The molecular weight excluding hydrogens is 226 g/mol. The van der Waals surface area contributed by atoms with Gasteiger partial charge < -0.3 is 14.8 Å². The van der Waals surface area contributed by atoms with Gasteiger partial charge in [0, 0.05) is 19.8 Å². The summed E-state index contributed by atoms with van der Waals surface area (Å²) in [6.45, 7) is 7.36. The average molecular weight is 251 g/mol. The number of rotatable bonds is 9. The van der Waals surface area contributed by atoms with Crippen LogP contribution in [0, 0.1) is 6.92 Å². The SMILES string of the molecule is CCNC(CCOCCOC)c1ccccc1C. The third-order valence-corrected chi connectivity index (χ3v) is 3.00. The van der Waals surface area contributed by atoms with Gasteiger partial charge in [-0.05, 0) is 31.0 Å². The van der Waals surface area contributed by atoms with Crippen molar-refractivity contribution < 1.29 is 9.47 Å². The first-order chi connectivity index (χ1) is 8.79. The first-order valence-electron chi connectivity index (χ1n) is 6.65. The minimum atomic E-state index is 0.374. The molecule has 0 fully saturated rings. The van der Waals surface area contributed by atoms with E-state index < -0.39 is 0 Å². The summed E-state index contributed by atoms with van der Waals surface area (Å²) in [6.07, 6.45) is 0.988. The van der Waals surface area contributed by atoms with Crippen molar-refractivity contribution in [3.05, 3.63) is 35.4 Å². The Morgan fingerprint density at radius 3 is 2.61 bits per heavy atom. The van der Waals surface area contributed by atoms with Gasteiger partial charge in [-0.15, -0.1) is 0 Å². The number of hydrogen-bond donors (Lipinski definition) is 1. The Morgan fingerprint density at radius 2 is 1.94 bits per heavy atom. The summed E-state index contributed by atoms with van der Waals surface area (Å²) in [5.41, 5.74) is 2.70. The summed E-state index contributed by atoms with van der Waals surface area (Å²) in [6, 6.07) is 8.90. The quantitative estimate of drug-likeness (QED) is 0.685. The zero-order chi connectivity index (χ0) is 13.2. The number of benzene rings is 1. The molecule has 1 N–H and O–H groups in total. The van der Waals surface area contributed by atoms with Gasteiger partial charge >= 0.3 is 0 Å². The summed E-state index contributed by atoms with van der Waals surface area (Å²) in [5.74, 6) is 0. The molecule has 0 spiro atoms. The van der Waals surface area contributed by atoms with Crippen LogP contribution >= 0.6 is 0 Å². The molecule has 0 saturated carbocycles. The van der Waals surface area contributed by atoms with Gasteiger partial charge in [0.15, 0.2) is 0 Å². The van der Waals surface area contributed by atoms with Crippen molar-refractivity contribution in [1.29, 1.82) is 0 Å². The van der Waals surface area contributed by atoms with Crippen LogP contribution < -0.4 is 5.32 Å². The monoisotopic (exact) mass is 251 g/mol. The van der Waals surface area contributed by atoms with Gasteiger partial charge in [0.2, 0.25) is 0 Å². The van der Waals surface area contributed by atoms with E-state index in [4.69, 9.17) is 9.47 Å². The number of nitrogens with one attached hydrogen (secondary N) is 1. The highest BCUT2D eigenvalue weighted by molar-refractivity contribution is 5.28. The number of hydrogen-bond acceptors (Lipinski definition) is 3. The minimum absolute atomic E-state index is 0.374. The van der Waals surface area contributed by atoms with Crippen molar-refractivity contribution in [2.75, 3.05) is 33.5 Å². The third-order valence-electron chi connectivity index (χ3n) is 3.00. The van der Waals surface area contributed by atoms with E-state index in [-0.39, 0.29) is 0 Å². The Labute approximate surface area is 110 Å². The molecule has 1 atom stereocenters. The molecule has 0 aliphatic heterocycles. The predicted octanol–water partition coefficient (Wildman–Crippen LogP) is 2.70. The van der Waals surface area contributed by atoms with E-state index in [0.29, 0.717) is 19.3 Å². The van der Waals surface area contributed by atoms with Crippen molar-refractivity contribution in [2.24, 2.45) is 0 Å². The van der Waals surface area contributed by atoms with Crippen molar-refractivity contribution in [1.82, 2.24) is 5.32 Å². The third kappa shape index (κ3) is 5.17. The van der Waals surface area contributed by atoms with Crippen LogP contribution in [0.3, 0.4) is 0 Å². The summed E-state index contributed by atoms with van der Waals surface area (Å²) < 4.78 is 10.5. The van der Waals surface area contributed by atoms with Gasteiger partial charge in [-0.1, -0.05) is 31.2 Å². The highest BCUT2D eigenvalue weighted by Crippen LogP contribution is 2.20. The molecule has 0 aliphatic rings. The van der Waals surface area contributed by atoms with Gasteiger partial charge in [-0.2, -0.15) is 0 Å². The molecule has 18 heavy (non-hydrogen) atoms. The molecule has 1 aromatic rings. The van der Waals surface area contributed by atoms with Crippen LogP contribution in [0.5, 0.6) is 0 Å².